The molecule has 1 aromatic rings. The van der Waals surface area contributed by atoms with Gasteiger partial charge < -0.3 is 10.4 Å². The van der Waals surface area contributed by atoms with E-state index in [0.29, 0.717) is 18.0 Å². The van der Waals surface area contributed by atoms with E-state index in [9.17, 15) is 9.90 Å². The molecule has 1 fully saturated rings. The molecule has 1 aliphatic carbocycles. The summed E-state index contributed by atoms with van der Waals surface area (Å²) in [6.07, 6.45) is 3.50. The highest BCUT2D eigenvalue weighted by molar-refractivity contribution is 5.76. The number of nitrogens with one attached hydrogen (secondary N) is 1. The van der Waals surface area contributed by atoms with Crippen molar-refractivity contribution in [1.29, 1.82) is 0 Å². The maximum Gasteiger partial charge on any atom is 0.312 e. The first kappa shape index (κ1) is 14.1. The van der Waals surface area contributed by atoms with E-state index in [-0.39, 0.29) is 0 Å². The predicted molar refractivity (Wildman–Crippen MR) is 76.2 cm³/mol. The summed E-state index contributed by atoms with van der Waals surface area (Å²) in [6, 6.07) is 9.93. The Morgan fingerprint density at radius 1 is 1.42 bits per heavy atom. The number of carboxylic acid groups (broad SMARTS) is 1. The van der Waals surface area contributed by atoms with E-state index >= 15 is 0 Å². The van der Waals surface area contributed by atoms with Crippen LogP contribution in [0.15, 0.2) is 30.3 Å². The predicted octanol–water partition coefficient (Wildman–Crippen LogP) is 3.02. The van der Waals surface area contributed by atoms with Crippen molar-refractivity contribution in [2.75, 3.05) is 6.54 Å². The number of aliphatic carboxylic acids is 1. The largest absolute Gasteiger partial charge is 0.481 e. The standard InChI is InChI=1S/C16H23NO2/c1-16(2)9-8-13(10-16)17-11-14(15(18)19)12-6-4-3-5-7-12/h3-7,13-14,17H,8-11H2,1-2H3,(H,18,19). The normalized spacial score (nSPS) is 23.2. The van der Waals surface area contributed by atoms with Crippen molar-refractivity contribution in [2.45, 2.75) is 45.1 Å². The van der Waals surface area contributed by atoms with Crippen LogP contribution in [0.25, 0.3) is 0 Å². The third-order valence-electron chi connectivity index (χ3n) is 4.08. The van der Waals surface area contributed by atoms with E-state index < -0.39 is 11.9 Å². The summed E-state index contributed by atoms with van der Waals surface area (Å²) in [6.45, 7) is 5.07. The molecule has 2 N–H and O–H groups in total. The summed E-state index contributed by atoms with van der Waals surface area (Å²) in [4.78, 5) is 11.4. The fraction of sp³-hybridized carbons (Fsp3) is 0.562. The van der Waals surface area contributed by atoms with E-state index in [4.69, 9.17) is 0 Å². The fourth-order valence-electron chi connectivity index (χ4n) is 2.93. The van der Waals surface area contributed by atoms with Gasteiger partial charge in [-0.1, -0.05) is 44.2 Å². The van der Waals surface area contributed by atoms with Gasteiger partial charge in [-0.3, -0.25) is 4.79 Å². The quantitative estimate of drug-likeness (QED) is 0.856. The average Bonchev–Trinajstić information content (AvgIpc) is 2.70. The monoisotopic (exact) mass is 261 g/mol. The van der Waals surface area contributed by atoms with Gasteiger partial charge in [0.1, 0.15) is 0 Å². The van der Waals surface area contributed by atoms with Crippen LogP contribution in [0, 0.1) is 5.41 Å². The Bertz CT molecular complexity index is 428. The fourth-order valence-corrected chi connectivity index (χ4v) is 2.93. The van der Waals surface area contributed by atoms with Gasteiger partial charge in [-0.15, -0.1) is 0 Å². The molecule has 1 aliphatic rings. The zero-order valence-electron chi connectivity index (χ0n) is 11.7. The zero-order chi connectivity index (χ0) is 13.9. The van der Waals surface area contributed by atoms with E-state index in [0.717, 1.165) is 18.4 Å². The molecular formula is C16H23NO2. The van der Waals surface area contributed by atoms with Crippen molar-refractivity contribution in [1.82, 2.24) is 5.32 Å². The Labute approximate surface area is 115 Å². The van der Waals surface area contributed by atoms with Crippen molar-refractivity contribution < 1.29 is 9.90 Å². The Kier molecular flexibility index (Phi) is 4.25. The number of benzene rings is 1. The second-order valence-corrected chi connectivity index (χ2v) is 6.31. The first-order valence-electron chi connectivity index (χ1n) is 6.99. The maximum absolute atomic E-state index is 11.4. The van der Waals surface area contributed by atoms with Crippen LogP contribution in [0.4, 0.5) is 0 Å². The first-order valence-corrected chi connectivity index (χ1v) is 6.99. The molecule has 19 heavy (non-hydrogen) atoms. The molecule has 1 aromatic carbocycles. The summed E-state index contributed by atoms with van der Waals surface area (Å²) in [5.41, 5.74) is 1.27. The number of rotatable bonds is 5. The lowest BCUT2D eigenvalue weighted by molar-refractivity contribution is -0.138. The molecular weight excluding hydrogens is 238 g/mol. The minimum atomic E-state index is -0.754. The lowest BCUT2D eigenvalue weighted by atomic mass is 9.91. The molecule has 0 bridgehead atoms. The number of hydrogen-bond acceptors (Lipinski definition) is 2. The summed E-state index contributed by atoms with van der Waals surface area (Å²) in [5, 5.41) is 12.8. The van der Waals surface area contributed by atoms with Crippen LogP contribution in [0.2, 0.25) is 0 Å². The van der Waals surface area contributed by atoms with Crippen LogP contribution in [-0.2, 0) is 4.79 Å². The van der Waals surface area contributed by atoms with E-state index in [1.807, 2.05) is 30.3 Å². The van der Waals surface area contributed by atoms with E-state index in [2.05, 4.69) is 19.2 Å². The van der Waals surface area contributed by atoms with Crippen molar-refractivity contribution in [3.8, 4) is 0 Å². The van der Waals surface area contributed by atoms with Crippen LogP contribution in [0.5, 0.6) is 0 Å². The first-order chi connectivity index (χ1) is 8.98. The minimum absolute atomic E-state index is 0.392. The third-order valence-corrected chi connectivity index (χ3v) is 4.08. The molecule has 3 nitrogen and oxygen atoms in total. The average molecular weight is 261 g/mol. The molecule has 2 unspecified atom stereocenters. The van der Waals surface area contributed by atoms with Gasteiger partial charge in [0.15, 0.2) is 0 Å². The SMILES string of the molecule is CC1(C)CCC(NCC(C(=O)O)c2ccccc2)C1. The molecule has 0 spiro atoms. The topological polar surface area (TPSA) is 49.3 Å². The van der Waals surface area contributed by atoms with Crippen LogP contribution in [0.1, 0.15) is 44.6 Å². The van der Waals surface area contributed by atoms with Gasteiger partial charge in [-0.2, -0.15) is 0 Å². The molecule has 2 rings (SSSR count). The molecule has 2 atom stereocenters. The summed E-state index contributed by atoms with van der Waals surface area (Å²) in [7, 11) is 0. The van der Waals surface area contributed by atoms with Gasteiger partial charge in [-0.05, 0) is 30.2 Å². The highest BCUT2D eigenvalue weighted by Gasteiger charge is 2.31. The van der Waals surface area contributed by atoms with Crippen molar-refractivity contribution >= 4 is 5.97 Å². The highest BCUT2D eigenvalue weighted by Crippen LogP contribution is 2.37. The molecule has 0 saturated heterocycles. The van der Waals surface area contributed by atoms with Crippen molar-refractivity contribution in [3.05, 3.63) is 35.9 Å². The molecule has 0 heterocycles. The summed E-state index contributed by atoms with van der Waals surface area (Å²) >= 11 is 0. The van der Waals surface area contributed by atoms with Crippen LogP contribution in [-0.4, -0.2) is 23.7 Å². The molecule has 104 valence electrons. The third kappa shape index (κ3) is 3.80. The van der Waals surface area contributed by atoms with Crippen molar-refractivity contribution in [3.63, 3.8) is 0 Å². The smallest absolute Gasteiger partial charge is 0.312 e. The lowest BCUT2D eigenvalue weighted by Gasteiger charge is -2.20. The van der Waals surface area contributed by atoms with Gasteiger partial charge in [0, 0.05) is 12.6 Å². The number of hydrogen-bond donors (Lipinski definition) is 2. The maximum atomic E-state index is 11.4. The zero-order valence-corrected chi connectivity index (χ0v) is 11.7. The van der Waals surface area contributed by atoms with Crippen LogP contribution in [0.3, 0.4) is 0 Å². The van der Waals surface area contributed by atoms with Gasteiger partial charge in [0.05, 0.1) is 5.92 Å². The Hall–Kier alpha value is -1.35. The Morgan fingerprint density at radius 2 is 2.11 bits per heavy atom. The molecule has 0 aromatic heterocycles. The summed E-state index contributed by atoms with van der Waals surface area (Å²) < 4.78 is 0. The lowest BCUT2D eigenvalue weighted by Crippen LogP contribution is -2.34. The van der Waals surface area contributed by atoms with Gasteiger partial charge in [-0.25, -0.2) is 0 Å². The molecule has 0 aliphatic heterocycles. The Balaban J connectivity index is 1.94. The molecule has 1 saturated carbocycles. The second kappa shape index (κ2) is 5.74. The number of carboxylic acids is 1. The van der Waals surface area contributed by atoms with Crippen LogP contribution < -0.4 is 5.32 Å². The number of carbonyl (C=O) groups is 1. The van der Waals surface area contributed by atoms with E-state index in [1.165, 1.54) is 6.42 Å². The summed E-state index contributed by atoms with van der Waals surface area (Å²) in [5.74, 6) is -1.21. The van der Waals surface area contributed by atoms with Crippen LogP contribution >= 0.6 is 0 Å². The minimum Gasteiger partial charge on any atom is -0.481 e. The van der Waals surface area contributed by atoms with Crippen molar-refractivity contribution in [2.24, 2.45) is 5.41 Å². The molecule has 0 radical (unpaired) electrons. The molecule has 0 amide bonds. The Morgan fingerprint density at radius 3 is 2.63 bits per heavy atom. The van der Waals surface area contributed by atoms with Gasteiger partial charge in [0.25, 0.3) is 0 Å². The van der Waals surface area contributed by atoms with Gasteiger partial charge >= 0.3 is 5.97 Å². The second-order valence-electron chi connectivity index (χ2n) is 6.31. The van der Waals surface area contributed by atoms with Gasteiger partial charge in [0.2, 0.25) is 0 Å². The highest BCUT2D eigenvalue weighted by atomic mass is 16.4. The molecule has 3 heteroatoms. The van der Waals surface area contributed by atoms with E-state index in [1.54, 1.807) is 0 Å².